The summed E-state index contributed by atoms with van der Waals surface area (Å²) in [6.45, 7) is 10.2. The summed E-state index contributed by atoms with van der Waals surface area (Å²) < 4.78 is 35.0. The zero-order chi connectivity index (χ0) is 34.1. The number of amides is 1. The molecule has 14 heteroatoms. The average molecular weight is 695 g/mol. The Labute approximate surface area is 289 Å². The van der Waals surface area contributed by atoms with Gasteiger partial charge in [-0.25, -0.2) is 23.8 Å². The number of halogens is 3. The van der Waals surface area contributed by atoms with Gasteiger partial charge >= 0.3 is 0 Å². The summed E-state index contributed by atoms with van der Waals surface area (Å²) in [6.07, 6.45) is 7.74. The van der Waals surface area contributed by atoms with Gasteiger partial charge in [-0.1, -0.05) is 18.2 Å². The second kappa shape index (κ2) is 14.4. The summed E-state index contributed by atoms with van der Waals surface area (Å²) in [7, 11) is 1.59. The summed E-state index contributed by atoms with van der Waals surface area (Å²) in [5.41, 5.74) is 2.03. The SMILES string of the molecule is C=CC(=O)Nc1cc(Nc2cc(N3OCC[C@H]3c3c(F)ccc(F)c3Cl)ncn2)c(OC)cc1N1CCC(N2CCN(C3CC3)CC2)CC1. The number of nitrogens with one attached hydrogen (secondary N) is 2. The van der Waals surface area contributed by atoms with Crippen LogP contribution in [0.3, 0.4) is 0 Å². The van der Waals surface area contributed by atoms with Crippen LogP contribution >= 0.6 is 11.6 Å². The third-order valence-electron chi connectivity index (χ3n) is 9.95. The van der Waals surface area contributed by atoms with Gasteiger partial charge in [0.1, 0.15) is 29.5 Å². The number of hydroxylamine groups is 1. The van der Waals surface area contributed by atoms with E-state index in [1.807, 2.05) is 12.1 Å². The van der Waals surface area contributed by atoms with E-state index in [9.17, 15) is 13.6 Å². The fourth-order valence-electron chi connectivity index (χ4n) is 7.24. The van der Waals surface area contributed by atoms with Gasteiger partial charge in [0.2, 0.25) is 5.91 Å². The van der Waals surface area contributed by atoms with Crippen LogP contribution in [0.1, 0.15) is 43.7 Å². The molecule has 260 valence electrons. The number of aromatic nitrogens is 2. The van der Waals surface area contributed by atoms with Crippen molar-refractivity contribution in [2.45, 2.75) is 50.2 Å². The first-order chi connectivity index (χ1) is 23.8. The number of nitrogens with zero attached hydrogens (tertiary/aromatic N) is 6. The molecule has 0 spiro atoms. The lowest BCUT2D eigenvalue weighted by Gasteiger charge is -2.43. The zero-order valence-corrected chi connectivity index (χ0v) is 28.3. The van der Waals surface area contributed by atoms with E-state index in [2.05, 4.69) is 41.9 Å². The van der Waals surface area contributed by atoms with Crippen LogP contribution in [0.4, 0.5) is 37.5 Å². The smallest absolute Gasteiger partial charge is 0.247 e. The molecule has 2 N–H and O–H groups in total. The molecule has 3 aliphatic heterocycles. The molecule has 0 radical (unpaired) electrons. The van der Waals surface area contributed by atoms with Gasteiger partial charge in [-0.2, -0.15) is 0 Å². The molecule has 3 saturated heterocycles. The molecule has 4 heterocycles. The number of carbonyl (C=O) groups excluding carboxylic acids is 1. The molecule has 7 rings (SSSR count). The number of hydrogen-bond acceptors (Lipinski definition) is 10. The van der Waals surface area contributed by atoms with Crippen LogP contribution in [-0.2, 0) is 9.63 Å². The maximum Gasteiger partial charge on any atom is 0.247 e. The first-order valence-electron chi connectivity index (χ1n) is 16.9. The summed E-state index contributed by atoms with van der Waals surface area (Å²) in [5, 5.41) is 7.38. The molecular weight excluding hydrogens is 654 g/mol. The van der Waals surface area contributed by atoms with Crippen molar-refractivity contribution in [1.29, 1.82) is 0 Å². The number of rotatable bonds is 10. The molecule has 0 bridgehead atoms. The zero-order valence-electron chi connectivity index (χ0n) is 27.5. The number of carbonyl (C=O) groups is 1. The van der Waals surface area contributed by atoms with Gasteiger partial charge in [0.15, 0.2) is 5.82 Å². The highest BCUT2D eigenvalue weighted by Gasteiger charge is 2.35. The molecule has 1 aromatic heterocycles. The van der Waals surface area contributed by atoms with E-state index in [1.54, 1.807) is 13.2 Å². The highest BCUT2D eigenvalue weighted by Crippen LogP contribution is 2.42. The van der Waals surface area contributed by atoms with Crippen LogP contribution in [0.25, 0.3) is 0 Å². The number of benzene rings is 2. The van der Waals surface area contributed by atoms with E-state index in [4.69, 9.17) is 21.2 Å². The first kappa shape index (κ1) is 33.5. The van der Waals surface area contributed by atoms with Crippen molar-refractivity contribution in [1.82, 2.24) is 19.8 Å². The van der Waals surface area contributed by atoms with Gasteiger partial charge in [-0.05, 0) is 50.0 Å². The van der Waals surface area contributed by atoms with Crippen molar-refractivity contribution >= 4 is 46.2 Å². The van der Waals surface area contributed by atoms with Gasteiger partial charge in [0.05, 0.1) is 41.8 Å². The van der Waals surface area contributed by atoms with Crippen LogP contribution in [0.15, 0.2) is 49.3 Å². The Bertz CT molecular complexity index is 1700. The molecular formula is C35H41ClF2N8O3. The third kappa shape index (κ3) is 7.16. The van der Waals surface area contributed by atoms with Crippen LogP contribution < -0.4 is 25.3 Å². The molecule has 1 atom stereocenters. The molecule has 11 nitrogen and oxygen atoms in total. The number of piperazine rings is 1. The van der Waals surface area contributed by atoms with Gasteiger partial charge < -0.3 is 20.3 Å². The molecule has 4 fully saturated rings. The quantitative estimate of drug-likeness (QED) is 0.197. The fourth-order valence-corrected chi connectivity index (χ4v) is 7.52. The molecule has 0 unspecified atom stereocenters. The largest absolute Gasteiger partial charge is 0.494 e. The predicted octanol–water partition coefficient (Wildman–Crippen LogP) is 5.92. The minimum absolute atomic E-state index is 0.00679. The standard InChI is InChI=1S/C35H41ClF2N8O3/c1-3-33(47)42-26-18-27(30(48-2)19-29(26)45-11-8-23(9-12-45)44-15-13-43(14-16-44)22-4-5-22)41-31-20-32(40-21-39-31)46-28(10-17-49-46)34-24(37)6-7-25(38)35(34)36/h3,6-7,18-23,28H,1,4-5,8-17H2,2H3,(H,42,47)(H,39,40,41)/t28-/m0/s1. The van der Waals surface area contributed by atoms with Crippen LogP contribution in [0.2, 0.25) is 5.02 Å². The van der Waals surface area contributed by atoms with Gasteiger partial charge in [-0.15, -0.1) is 0 Å². The highest BCUT2D eigenvalue weighted by atomic mass is 35.5. The van der Waals surface area contributed by atoms with E-state index >= 15 is 0 Å². The Balaban J connectivity index is 1.09. The van der Waals surface area contributed by atoms with E-state index in [0.717, 1.165) is 76.0 Å². The van der Waals surface area contributed by atoms with Crippen LogP contribution in [0, 0.1) is 11.6 Å². The topological polar surface area (TPSA) is 98.3 Å². The predicted molar refractivity (Wildman–Crippen MR) is 186 cm³/mol. The number of ether oxygens (including phenoxy) is 1. The number of anilines is 5. The minimum atomic E-state index is -0.712. The molecule has 3 aromatic rings. The lowest BCUT2D eigenvalue weighted by Crippen LogP contribution is -2.53. The lowest BCUT2D eigenvalue weighted by atomic mass is 10.0. The van der Waals surface area contributed by atoms with Crippen molar-refractivity contribution < 1.29 is 23.1 Å². The first-order valence-corrected chi connectivity index (χ1v) is 17.2. The van der Waals surface area contributed by atoms with Crippen molar-refractivity contribution in [3.05, 3.63) is 71.5 Å². The Morgan fingerprint density at radius 1 is 0.959 bits per heavy atom. The van der Waals surface area contributed by atoms with Crippen molar-refractivity contribution in [3.63, 3.8) is 0 Å². The van der Waals surface area contributed by atoms with E-state index in [1.165, 1.54) is 30.3 Å². The van der Waals surface area contributed by atoms with Crippen molar-refractivity contribution in [3.8, 4) is 5.75 Å². The average Bonchev–Trinajstić information content (AvgIpc) is 3.87. The molecule has 1 aliphatic carbocycles. The number of methoxy groups -OCH3 is 1. The third-order valence-corrected chi connectivity index (χ3v) is 10.3. The monoisotopic (exact) mass is 694 g/mol. The Morgan fingerprint density at radius 2 is 1.65 bits per heavy atom. The second-order valence-corrected chi connectivity index (χ2v) is 13.3. The van der Waals surface area contributed by atoms with E-state index in [0.29, 0.717) is 41.2 Å². The van der Waals surface area contributed by atoms with E-state index in [-0.39, 0.29) is 23.1 Å². The second-order valence-electron chi connectivity index (χ2n) is 12.9. The van der Waals surface area contributed by atoms with E-state index < -0.39 is 17.7 Å². The lowest BCUT2D eigenvalue weighted by molar-refractivity contribution is -0.111. The van der Waals surface area contributed by atoms with Gasteiger partial charge in [-0.3, -0.25) is 19.4 Å². The Hall–Kier alpha value is -4.04. The van der Waals surface area contributed by atoms with Gasteiger partial charge in [0, 0.05) is 75.5 Å². The highest BCUT2D eigenvalue weighted by molar-refractivity contribution is 6.31. The fraction of sp³-hybridized carbons (Fsp3) is 0.457. The molecule has 4 aliphatic rings. The molecule has 2 aromatic carbocycles. The Morgan fingerprint density at radius 3 is 2.33 bits per heavy atom. The number of piperidine rings is 1. The molecule has 1 saturated carbocycles. The summed E-state index contributed by atoms with van der Waals surface area (Å²) >= 11 is 6.19. The van der Waals surface area contributed by atoms with Crippen LogP contribution in [0.5, 0.6) is 5.75 Å². The maximum absolute atomic E-state index is 14.9. The normalized spacial score (nSPS) is 20.8. The summed E-state index contributed by atoms with van der Waals surface area (Å²) in [4.78, 5) is 34.7. The number of hydrogen-bond donors (Lipinski definition) is 2. The molecule has 1 amide bonds. The maximum atomic E-state index is 14.9. The summed E-state index contributed by atoms with van der Waals surface area (Å²) in [5.74, 6) is -0.405. The van der Waals surface area contributed by atoms with Gasteiger partial charge in [0.25, 0.3) is 0 Å². The molecule has 49 heavy (non-hydrogen) atoms. The van der Waals surface area contributed by atoms with Crippen molar-refractivity contribution in [2.75, 3.05) is 73.6 Å². The minimum Gasteiger partial charge on any atom is -0.494 e. The Kier molecular flexibility index (Phi) is 9.86. The van der Waals surface area contributed by atoms with Crippen molar-refractivity contribution in [2.24, 2.45) is 0 Å². The van der Waals surface area contributed by atoms with Crippen LogP contribution in [-0.4, -0.2) is 90.7 Å². The summed E-state index contributed by atoms with van der Waals surface area (Å²) in [6, 6.07) is 8.09.